The molecule has 186 valence electrons. The van der Waals surface area contributed by atoms with Crippen molar-refractivity contribution >= 4 is 33.2 Å². The molecule has 1 heterocycles. The van der Waals surface area contributed by atoms with Gasteiger partial charge in [0.25, 0.3) is 10.0 Å². The van der Waals surface area contributed by atoms with Crippen LogP contribution in [0.15, 0.2) is 112 Å². The van der Waals surface area contributed by atoms with Gasteiger partial charge in [-0.15, -0.1) is 5.11 Å². The van der Waals surface area contributed by atoms with Gasteiger partial charge in [0.15, 0.2) is 11.5 Å². The standard InChI is InChI=1S/C27H23N5O4S/c1-18-17-19(2)29-27(28-18)32-37(35,36)23-15-13-22(14-16-23)30-31-24(25(33)20-9-5-3-6-10-20)26(34)21-11-7-4-8-12-21/h3-17,33H,1-2H3,(H,28,29,32)/b25-24-,31-30?. The second-order valence-corrected chi connectivity index (χ2v) is 9.71. The van der Waals surface area contributed by atoms with Gasteiger partial charge in [-0.25, -0.2) is 23.1 Å². The summed E-state index contributed by atoms with van der Waals surface area (Å²) in [6.07, 6.45) is 0. The van der Waals surface area contributed by atoms with Gasteiger partial charge in [0, 0.05) is 22.5 Å². The molecule has 0 saturated carbocycles. The van der Waals surface area contributed by atoms with E-state index in [1.807, 2.05) is 0 Å². The molecule has 0 unspecified atom stereocenters. The number of hydrogen-bond donors (Lipinski definition) is 2. The third-order valence-electron chi connectivity index (χ3n) is 5.14. The third-order valence-corrected chi connectivity index (χ3v) is 6.49. The number of aliphatic hydroxyl groups excluding tert-OH is 1. The number of carbonyl (C=O) groups is 1. The molecule has 4 aromatic rings. The number of aliphatic hydroxyl groups is 1. The van der Waals surface area contributed by atoms with Gasteiger partial charge in [-0.1, -0.05) is 60.7 Å². The largest absolute Gasteiger partial charge is 0.505 e. The number of aryl methyl sites for hydroxylation is 2. The average molecular weight is 514 g/mol. The molecule has 1 aromatic heterocycles. The van der Waals surface area contributed by atoms with E-state index in [2.05, 4.69) is 24.9 Å². The van der Waals surface area contributed by atoms with Crippen molar-refractivity contribution in [1.29, 1.82) is 0 Å². The first-order valence-electron chi connectivity index (χ1n) is 11.2. The summed E-state index contributed by atoms with van der Waals surface area (Å²) in [5.74, 6) is -0.857. The summed E-state index contributed by atoms with van der Waals surface area (Å²) in [7, 11) is -3.94. The molecule has 0 saturated heterocycles. The third kappa shape index (κ3) is 6.30. The van der Waals surface area contributed by atoms with E-state index < -0.39 is 15.8 Å². The number of benzene rings is 3. The smallest absolute Gasteiger partial charge is 0.264 e. The molecular weight excluding hydrogens is 490 g/mol. The summed E-state index contributed by atoms with van der Waals surface area (Å²) in [6, 6.07) is 24.2. The van der Waals surface area contributed by atoms with E-state index in [4.69, 9.17) is 0 Å². The monoisotopic (exact) mass is 513 g/mol. The van der Waals surface area contributed by atoms with Crippen LogP contribution in [0.5, 0.6) is 0 Å². The Labute approximate surface area is 214 Å². The first kappa shape index (κ1) is 25.4. The van der Waals surface area contributed by atoms with E-state index in [1.165, 1.54) is 24.3 Å². The number of nitrogens with one attached hydrogen (secondary N) is 1. The topological polar surface area (TPSA) is 134 Å². The number of carbonyl (C=O) groups excluding carboxylic acids is 1. The Morgan fingerprint density at radius 1 is 0.811 bits per heavy atom. The van der Waals surface area contributed by atoms with E-state index >= 15 is 0 Å². The zero-order chi connectivity index (χ0) is 26.4. The minimum Gasteiger partial charge on any atom is -0.505 e. The van der Waals surface area contributed by atoms with Crippen molar-refractivity contribution in [1.82, 2.24) is 9.97 Å². The summed E-state index contributed by atoms with van der Waals surface area (Å²) in [5, 5.41) is 18.9. The molecule has 0 fully saturated rings. The second kappa shape index (κ2) is 10.9. The van der Waals surface area contributed by atoms with E-state index in [-0.39, 0.29) is 28.0 Å². The Hall–Kier alpha value is -4.70. The van der Waals surface area contributed by atoms with Crippen LogP contribution in [0.25, 0.3) is 5.76 Å². The highest BCUT2D eigenvalue weighted by atomic mass is 32.2. The van der Waals surface area contributed by atoms with Gasteiger partial charge in [-0.05, 0) is 44.2 Å². The van der Waals surface area contributed by atoms with E-state index in [1.54, 1.807) is 80.6 Å². The average Bonchev–Trinajstić information content (AvgIpc) is 2.89. The summed E-state index contributed by atoms with van der Waals surface area (Å²) >= 11 is 0. The number of rotatable bonds is 8. The summed E-state index contributed by atoms with van der Waals surface area (Å²) in [6.45, 7) is 3.49. The maximum atomic E-state index is 13.1. The van der Waals surface area contributed by atoms with Crippen LogP contribution in [-0.2, 0) is 10.0 Å². The maximum absolute atomic E-state index is 13.1. The van der Waals surface area contributed by atoms with Crippen LogP contribution in [0.2, 0.25) is 0 Å². The number of ketones is 1. The molecule has 0 aliphatic carbocycles. The molecule has 4 rings (SSSR count). The lowest BCUT2D eigenvalue weighted by Gasteiger charge is -2.08. The van der Waals surface area contributed by atoms with Gasteiger partial charge in [0.2, 0.25) is 11.7 Å². The van der Waals surface area contributed by atoms with Gasteiger partial charge < -0.3 is 5.11 Å². The van der Waals surface area contributed by atoms with Crippen LogP contribution in [0.3, 0.4) is 0 Å². The first-order valence-corrected chi connectivity index (χ1v) is 12.7. The molecule has 37 heavy (non-hydrogen) atoms. The van der Waals surface area contributed by atoms with Crippen LogP contribution in [0.1, 0.15) is 27.3 Å². The molecule has 0 bridgehead atoms. The highest BCUT2D eigenvalue weighted by molar-refractivity contribution is 7.92. The molecule has 0 aliphatic rings. The molecular formula is C27H23N5O4S. The second-order valence-electron chi connectivity index (χ2n) is 8.03. The zero-order valence-electron chi connectivity index (χ0n) is 20.0. The first-order chi connectivity index (χ1) is 17.7. The SMILES string of the molecule is Cc1cc(C)nc(NS(=O)(=O)c2ccc(N=N/C(C(=O)c3ccccc3)=C(\O)c3ccccc3)cc2)n1. The Morgan fingerprint density at radius 2 is 1.35 bits per heavy atom. The fraction of sp³-hybridized carbons (Fsp3) is 0.0741. The molecule has 3 aromatic carbocycles. The van der Waals surface area contributed by atoms with E-state index in [9.17, 15) is 18.3 Å². The van der Waals surface area contributed by atoms with E-state index in [0.717, 1.165) is 0 Å². The summed E-state index contributed by atoms with van der Waals surface area (Å²) in [4.78, 5) is 21.3. The number of allylic oxidation sites excluding steroid dienone is 1. The molecule has 0 radical (unpaired) electrons. The number of aromatic nitrogens is 2. The highest BCUT2D eigenvalue weighted by Crippen LogP contribution is 2.24. The summed E-state index contributed by atoms with van der Waals surface area (Å²) < 4.78 is 27.9. The lowest BCUT2D eigenvalue weighted by atomic mass is 10.1. The van der Waals surface area contributed by atoms with Crippen LogP contribution < -0.4 is 4.72 Å². The molecule has 0 atom stereocenters. The predicted octanol–water partition coefficient (Wildman–Crippen LogP) is 5.79. The molecule has 0 aliphatic heterocycles. The molecule has 0 amide bonds. The van der Waals surface area contributed by atoms with Gasteiger partial charge in [0.05, 0.1) is 10.6 Å². The fourth-order valence-electron chi connectivity index (χ4n) is 3.41. The quantitative estimate of drug-likeness (QED) is 0.133. The number of nitrogens with zero attached hydrogens (tertiary/aromatic N) is 4. The number of azo groups is 1. The van der Waals surface area contributed by atoms with Crippen molar-refractivity contribution in [2.75, 3.05) is 4.72 Å². The van der Waals surface area contributed by atoms with Crippen LogP contribution in [-0.4, -0.2) is 29.3 Å². The minimum absolute atomic E-state index is 0.0214. The van der Waals surface area contributed by atoms with Crippen molar-refractivity contribution < 1.29 is 18.3 Å². The Kier molecular flexibility index (Phi) is 7.49. The Bertz CT molecular complexity index is 1570. The number of anilines is 1. The van der Waals surface area contributed by atoms with Gasteiger partial charge in [-0.2, -0.15) is 5.11 Å². The van der Waals surface area contributed by atoms with Crippen LogP contribution >= 0.6 is 0 Å². The maximum Gasteiger partial charge on any atom is 0.264 e. The van der Waals surface area contributed by atoms with Gasteiger partial charge in [-0.3, -0.25) is 4.79 Å². The summed E-state index contributed by atoms with van der Waals surface area (Å²) in [5.41, 5.74) is 2.03. The van der Waals surface area contributed by atoms with Gasteiger partial charge >= 0.3 is 0 Å². The van der Waals surface area contributed by atoms with Crippen molar-refractivity contribution in [2.45, 2.75) is 18.7 Å². The lowest BCUT2D eigenvalue weighted by Crippen LogP contribution is -2.15. The Balaban J connectivity index is 1.62. The zero-order valence-corrected chi connectivity index (χ0v) is 20.8. The van der Waals surface area contributed by atoms with Gasteiger partial charge in [0.1, 0.15) is 0 Å². The normalized spacial score (nSPS) is 12.3. The molecule has 9 nitrogen and oxygen atoms in total. The fourth-order valence-corrected chi connectivity index (χ4v) is 4.35. The molecule has 10 heteroatoms. The van der Waals surface area contributed by atoms with Crippen molar-refractivity contribution in [2.24, 2.45) is 10.2 Å². The number of sulfonamides is 1. The highest BCUT2D eigenvalue weighted by Gasteiger charge is 2.19. The van der Waals surface area contributed by atoms with Crippen molar-refractivity contribution in [3.8, 4) is 0 Å². The molecule has 0 spiro atoms. The van der Waals surface area contributed by atoms with Crippen molar-refractivity contribution in [3.05, 3.63) is 119 Å². The molecule has 2 N–H and O–H groups in total. The lowest BCUT2D eigenvalue weighted by molar-refractivity contribution is 0.103. The van der Waals surface area contributed by atoms with Crippen molar-refractivity contribution in [3.63, 3.8) is 0 Å². The predicted molar refractivity (Wildman–Crippen MR) is 140 cm³/mol. The minimum atomic E-state index is -3.94. The number of hydrogen-bond acceptors (Lipinski definition) is 8. The Morgan fingerprint density at radius 3 is 1.92 bits per heavy atom. The van der Waals surface area contributed by atoms with Crippen LogP contribution in [0.4, 0.5) is 11.6 Å². The van der Waals surface area contributed by atoms with E-state index in [0.29, 0.717) is 22.5 Å². The number of Topliss-reactive ketones (excluding diaryl/α,β-unsaturated/α-hetero) is 1. The van der Waals surface area contributed by atoms with Crippen LogP contribution in [0, 0.1) is 13.8 Å².